The molecule has 1 amide bonds. The molecule has 2 heterocycles. The molecule has 2 saturated heterocycles. The number of aliphatic hydroxyl groups is 1. The van der Waals surface area contributed by atoms with Gasteiger partial charge in [0, 0.05) is 58.8 Å². The standard InChI is InChI=1S/C19H29N3O3/c23-18(17-4-2-1-3-5-17)16-21-10-8-20(9-11-21)7-6-19(24)22-12-14-25-15-13-22/h1-5,18,23H,6-16H2. The first-order valence-corrected chi connectivity index (χ1v) is 9.25. The smallest absolute Gasteiger partial charge is 0.224 e. The van der Waals surface area contributed by atoms with Crippen LogP contribution in [0.4, 0.5) is 0 Å². The molecule has 6 heteroatoms. The summed E-state index contributed by atoms with van der Waals surface area (Å²) in [5.74, 6) is 0.241. The van der Waals surface area contributed by atoms with Gasteiger partial charge in [-0.2, -0.15) is 0 Å². The average molecular weight is 347 g/mol. The molecule has 2 aliphatic rings. The van der Waals surface area contributed by atoms with Crippen molar-refractivity contribution in [1.82, 2.24) is 14.7 Å². The third-order valence-corrected chi connectivity index (χ3v) is 5.09. The number of aliphatic hydroxyl groups excluding tert-OH is 1. The summed E-state index contributed by atoms with van der Waals surface area (Å²) in [6.07, 6.45) is 0.155. The van der Waals surface area contributed by atoms with E-state index in [0.717, 1.165) is 51.4 Å². The van der Waals surface area contributed by atoms with Gasteiger partial charge in [0.25, 0.3) is 0 Å². The van der Waals surface area contributed by atoms with Crippen LogP contribution in [-0.2, 0) is 9.53 Å². The van der Waals surface area contributed by atoms with Gasteiger partial charge in [0.1, 0.15) is 0 Å². The van der Waals surface area contributed by atoms with Crippen LogP contribution >= 0.6 is 0 Å². The quantitative estimate of drug-likeness (QED) is 0.816. The summed E-state index contributed by atoms with van der Waals surface area (Å²) >= 11 is 0. The zero-order chi connectivity index (χ0) is 17.5. The number of β-amino-alcohol motifs (C(OH)–C–C–N with tert-alkyl or cyclic N) is 1. The molecule has 1 unspecified atom stereocenters. The van der Waals surface area contributed by atoms with Crippen LogP contribution in [-0.4, -0.2) is 91.3 Å². The predicted octanol–water partition coefficient (Wildman–Crippen LogP) is 0.587. The highest BCUT2D eigenvalue weighted by Gasteiger charge is 2.22. The number of carbonyl (C=O) groups is 1. The minimum atomic E-state index is -0.435. The first kappa shape index (κ1) is 18.3. The van der Waals surface area contributed by atoms with Crippen molar-refractivity contribution < 1.29 is 14.6 Å². The number of rotatable bonds is 6. The number of piperazine rings is 1. The van der Waals surface area contributed by atoms with Gasteiger partial charge in [-0.25, -0.2) is 0 Å². The average Bonchev–Trinajstić information content (AvgIpc) is 2.68. The number of carbonyl (C=O) groups excluding carboxylic acids is 1. The Morgan fingerprint density at radius 3 is 2.32 bits per heavy atom. The molecule has 1 atom stereocenters. The van der Waals surface area contributed by atoms with Gasteiger partial charge in [0.15, 0.2) is 0 Å². The van der Waals surface area contributed by atoms with Crippen LogP contribution in [0.3, 0.4) is 0 Å². The third-order valence-electron chi connectivity index (χ3n) is 5.09. The number of morpholine rings is 1. The van der Waals surface area contributed by atoms with Gasteiger partial charge in [0.2, 0.25) is 5.91 Å². The number of ether oxygens (including phenoxy) is 1. The largest absolute Gasteiger partial charge is 0.387 e. The minimum Gasteiger partial charge on any atom is -0.387 e. The molecule has 25 heavy (non-hydrogen) atoms. The highest BCUT2D eigenvalue weighted by molar-refractivity contribution is 5.76. The minimum absolute atomic E-state index is 0.241. The van der Waals surface area contributed by atoms with Crippen LogP contribution in [0.2, 0.25) is 0 Å². The Bertz CT molecular complexity index is 526. The molecule has 0 aliphatic carbocycles. The fourth-order valence-corrected chi connectivity index (χ4v) is 3.45. The second kappa shape index (κ2) is 9.29. The molecule has 6 nitrogen and oxygen atoms in total. The first-order valence-electron chi connectivity index (χ1n) is 9.25. The van der Waals surface area contributed by atoms with Gasteiger partial charge in [-0.1, -0.05) is 30.3 Å². The molecule has 1 N–H and O–H groups in total. The maximum absolute atomic E-state index is 12.2. The van der Waals surface area contributed by atoms with E-state index in [4.69, 9.17) is 4.74 Å². The molecular formula is C19H29N3O3. The van der Waals surface area contributed by atoms with Crippen molar-refractivity contribution in [2.45, 2.75) is 12.5 Å². The van der Waals surface area contributed by atoms with Crippen LogP contribution in [0.15, 0.2) is 30.3 Å². The molecule has 1 aromatic carbocycles. The van der Waals surface area contributed by atoms with E-state index in [1.165, 1.54) is 0 Å². The molecular weight excluding hydrogens is 318 g/mol. The van der Waals surface area contributed by atoms with Gasteiger partial charge in [-0.15, -0.1) is 0 Å². The van der Waals surface area contributed by atoms with Crippen molar-refractivity contribution in [3.05, 3.63) is 35.9 Å². The van der Waals surface area contributed by atoms with Gasteiger partial charge in [0.05, 0.1) is 19.3 Å². The van der Waals surface area contributed by atoms with Crippen LogP contribution < -0.4 is 0 Å². The van der Waals surface area contributed by atoms with Gasteiger partial charge < -0.3 is 19.6 Å². The van der Waals surface area contributed by atoms with Crippen molar-refractivity contribution >= 4 is 5.91 Å². The molecule has 0 spiro atoms. The van der Waals surface area contributed by atoms with E-state index in [1.807, 2.05) is 35.2 Å². The SMILES string of the molecule is O=C(CCN1CCN(CC(O)c2ccccc2)CC1)N1CCOCC1. The van der Waals surface area contributed by atoms with Crippen molar-refractivity contribution in [2.24, 2.45) is 0 Å². The van der Waals surface area contributed by atoms with E-state index in [9.17, 15) is 9.90 Å². The molecule has 0 bridgehead atoms. The molecule has 0 radical (unpaired) electrons. The second-order valence-electron chi connectivity index (χ2n) is 6.81. The number of nitrogens with zero attached hydrogens (tertiary/aromatic N) is 3. The van der Waals surface area contributed by atoms with Crippen LogP contribution in [0.1, 0.15) is 18.1 Å². The molecule has 138 valence electrons. The summed E-state index contributed by atoms with van der Waals surface area (Å²) in [7, 11) is 0. The number of benzene rings is 1. The van der Waals surface area contributed by atoms with Crippen LogP contribution in [0.25, 0.3) is 0 Å². The lowest BCUT2D eigenvalue weighted by atomic mass is 10.1. The molecule has 2 aliphatic heterocycles. The van der Waals surface area contributed by atoms with E-state index in [-0.39, 0.29) is 5.91 Å². The van der Waals surface area contributed by atoms with E-state index >= 15 is 0 Å². The molecule has 1 aromatic rings. The monoisotopic (exact) mass is 347 g/mol. The Labute approximate surface area is 150 Å². The maximum atomic E-state index is 12.2. The Morgan fingerprint density at radius 2 is 1.64 bits per heavy atom. The normalized spacial score (nSPS) is 21.2. The topological polar surface area (TPSA) is 56.2 Å². The lowest BCUT2D eigenvalue weighted by molar-refractivity contribution is -0.135. The van der Waals surface area contributed by atoms with E-state index < -0.39 is 6.10 Å². The van der Waals surface area contributed by atoms with Gasteiger partial charge >= 0.3 is 0 Å². The highest BCUT2D eigenvalue weighted by Crippen LogP contribution is 2.15. The first-order chi connectivity index (χ1) is 12.2. The summed E-state index contributed by atoms with van der Waals surface area (Å²) in [6.45, 7) is 8.06. The van der Waals surface area contributed by atoms with E-state index in [0.29, 0.717) is 26.2 Å². The molecule has 3 rings (SSSR count). The second-order valence-corrected chi connectivity index (χ2v) is 6.81. The molecule has 0 aromatic heterocycles. The van der Waals surface area contributed by atoms with E-state index in [2.05, 4.69) is 9.80 Å². The number of hydrogen-bond acceptors (Lipinski definition) is 5. The molecule has 2 fully saturated rings. The van der Waals surface area contributed by atoms with Crippen molar-refractivity contribution in [3.8, 4) is 0 Å². The van der Waals surface area contributed by atoms with Crippen LogP contribution in [0, 0.1) is 0 Å². The zero-order valence-corrected chi connectivity index (χ0v) is 14.8. The summed E-state index contributed by atoms with van der Waals surface area (Å²) in [5.41, 5.74) is 0.973. The Balaban J connectivity index is 1.35. The van der Waals surface area contributed by atoms with Gasteiger partial charge in [-0.3, -0.25) is 9.69 Å². The fourth-order valence-electron chi connectivity index (χ4n) is 3.45. The van der Waals surface area contributed by atoms with Gasteiger partial charge in [-0.05, 0) is 5.56 Å². The van der Waals surface area contributed by atoms with Crippen molar-refractivity contribution in [1.29, 1.82) is 0 Å². The number of hydrogen-bond donors (Lipinski definition) is 1. The zero-order valence-electron chi connectivity index (χ0n) is 14.8. The lowest BCUT2D eigenvalue weighted by Crippen LogP contribution is -2.48. The van der Waals surface area contributed by atoms with Crippen molar-refractivity contribution in [2.75, 3.05) is 65.6 Å². The van der Waals surface area contributed by atoms with Crippen molar-refractivity contribution in [3.63, 3.8) is 0 Å². The highest BCUT2D eigenvalue weighted by atomic mass is 16.5. The third kappa shape index (κ3) is 5.51. The number of amides is 1. The Kier molecular flexibility index (Phi) is 6.81. The summed E-state index contributed by atoms with van der Waals surface area (Å²) < 4.78 is 5.29. The maximum Gasteiger partial charge on any atom is 0.224 e. The summed E-state index contributed by atoms with van der Waals surface area (Å²) in [5, 5.41) is 10.3. The Morgan fingerprint density at radius 1 is 1.00 bits per heavy atom. The predicted molar refractivity (Wildman–Crippen MR) is 96.3 cm³/mol. The van der Waals surface area contributed by atoms with Crippen LogP contribution in [0.5, 0.6) is 0 Å². The lowest BCUT2D eigenvalue weighted by Gasteiger charge is -2.36. The van der Waals surface area contributed by atoms with E-state index in [1.54, 1.807) is 0 Å². The summed E-state index contributed by atoms with van der Waals surface area (Å²) in [4.78, 5) is 18.8. The Hall–Kier alpha value is -1.47. The summed E-state index contributed by atoms with van der Waals surface area (Å²) in [6, 6.07) is 9.83. The molecule has 0 saturated carbocycles. The fraction of sp³-hybridized carbons (Fsp3) is 0.632.